The van der Waals surface area contributed by atoms with E-state index in [1.807, 2.05) is 25.1 Å². The normalized spacial score (nSPS) is 14.2. The quantitative estimate of drug-likeness (QED) is 0.454. The summed E-state index contributed by atoms with van der Waals surface area (Å²) in [6.45, 7) is 6.76. The molecule has 5 heteroatoms. The summed E-state index contributed by atoms with van der Waals surface area (Å²) < 4.78 is 14.1. The van der Waals surface area contributed by atoms with Crippen LogP contribution < -0.4 is 5.32 Å². The Balaban J connectivity index is 1.53. The summed E-state index contributed by atoms with van der Waals surface area (Å²) in [6, 6.07) is 9.53. The number of aromatic amines is 1. The molecule has 0 unspecified atom stereocenters. The van der Waals surface area contributed by atoms with Gasteiger partial charge in [-0.3, -0.25) is 0 Å². The number of hydrogen-bond donors (Lipinski definition) is 2. The number of pyridine rings is 1. The number of rotatable bonds is 7. The summed E-state index contributed by atoms with van der Waals surface area (Å²) in [5, 5.41) is 5.01. The highest BCUT2D eigenvalue weighted by Gasteiger charge is 2.18. The molecule has 0 aliphatic heterocycles. The lowest BCUT2D eigenvalue weighted by molar-refractivity contribution is 0.309. The number of nitrogens with zero attached hydrogens (tertiary/aromatic N) is 1. The van der Waals surface area contributed by atoms with Crippen LogP contribution >= 0.6 is 11.6 Å². The molecule has 0 amide bonds. The Morgan fingerprint density at radius 1 is 1.32 bits per heavy atom. The van der Waals surface area contributed by atoms with Crippen LogP contribution in [0.4, 0.5) is 4.39 Å². The highest BCUT2D eigenvalue weighted by Crippen LogP contribution is 2.33. The SMILES string of the molecule is C=C(CC1CCC1)NCc1cc2cc(Cl)c(-c3ccc(CC)c(F)n3)cc2[nH]1. The number of halogens is 2. The van der Waals surface area contributed by atoms with Crippen LogP contribution in [0.2, 0.25) is 5.02 Å². The molecule has 1 aliphatic rings. The molecule has 1 fully saturated rings. The minimum absolute atomic E-state index is 0.433. The number of H-pyrrole nitrogens is 1. The maximum absolute atomic E-state index is 14.1. The smallest absolute Gasteiger partial charge is 0.216 e. The molecule has 3 nitrogen and oxygen atoms in total. The van der Waals surface area contributed by atoms with Crippen molar-refractivity contribution in [3.8, 4) is 11.3 Å². The van der Waals surface area contributed by atoms with Crippen molar-refractivity contribution in [2.75, 3.05) is 0 Å². The lowest BCUT2D eigenvalue weighted by Gasteiger charge is -2.26. The summed E-state index contributed by atoms with van der Waals surface area (Å²) in [5.74, 6) is 0.369. The van der Waals surface area contributed by atoms with Crippen molar-refractivity contribution in [2.45, 2.75) is 45.6 Å². The molecular weight excluding hydrogens is 373 g/mol. The zero-order chi connectivity index (χ0) is 19.7. The molecule has 1 aromatic carbocycles. The third kappa shape index (κ3) is 3.93. The lowest BCUT2D eigenvalue weighted by atomic mass is 9.82. The molecule has 0 atom stereocenters. The molecule has 3 aromatic rings. The van der Waals surface area contributed by atoms with Crippen LogP contribution in [0.5, 0.6) is 0 Å². The number of fused-ring (bicyclic) bond motifs is 1. The summed E-state index contributed by atoms with van der Waals surface area (Å²) in [7, 11) is 0. The third-order valence-electron chi connectivity index (χ3n) is 5.64. The van der Waals surface area contributed by atoms with E-state index in [4.69, 9.17) is 11.6 Å². The zero-order valence-electron chi connectivity index (χ0n) is 16.1. The Hall–Kier alpha value is -2.33. The topological polar surface area (TPSA) is 40.7 Å². The second kappa shape index (κ2) is 7.96. The van der Waals surface area contributed by atoms with Crippen LogP contribution in [-0.2, 0) is 13.0 Å². The van der Waals surface area contributed by atoms with Crippen molar-refractivity contribution >= 4 is 22.5 Å². The molecule has 1 saturated carbocycles. The molecule has 4 rings (SSSR count). The van der Waals surface area contributed by atoms with Crippen LogP contribution in [0.25, 0.3) is 22.2 Å². The molecule has 146 valence electrons. The first-order valence-electron chi connectivity index (χ1n) is 9.92. The van der Waals surface area contributed by atoms with Gasteiger partial charge in [0.05, 0.1) is 17.3 Å². The number of aryl methyl sites for hydroxylation is 1. The largest absolute Gasteiger partial charge is 0.383 e. The van der Waals surface area contributed by atoms with Crippen molar-refractivity contribution in [3.05, 3.63) is 64.8 Å². The molecule has 2 aromatic heterocycles. The van der Waals surface area contributed by atoms with E-state index in [1.54, 1.807) is 6.07 Å². The van der Waals surface area contributed by atoms with Crippen LogP contribution in [0.1, 0.15) is 43.9 Å². The number of benzene rings is 1. The van der Waals surface area contributed by atoms with E-state index in [2.05, 4.69) is 27.9 Å². The molecule has 0 spiro atoms. The van der Waals surface area contributed by atoms with Gasteiger partial charge in [-0.1, -0.05) is 50.4 Å². The first kappa shape index (κ1) is 19.0. The van der Waals surface area contributed by atoms with E-state index in [-0.39, 0.29) is 0 Å². The van der Waals surface area contributed by atoms with Gasteiger partial charge >= 0.3 is 0 Å². The van der Waals surface area contributed by atoms with Gasteiger partial charge < -0.3 is 10.3 Å². The van der Waals surface area contributed by atoms with E-state index < -0.39 is 5.95 Å². The van der Waals surface area contributed by atoms with Gasteiger partial charge in [0.1, 0.15) is 0 Å². The summed E-state index contributed by atoms with van der Waals surface area (Å²) >= 11 is 6.47. The fraction of sp³-hybridized carbons (Fsp3) is 0.348. The summed E-state index contributed by atoms with van der Waals surface area (Å²) in [6.07, 6.45) is 5.67. The van der Waals surface area contributed by atoms with Crippen molar-refractivity contribution in [3.63, 3.8) is 0 Å². The van der Waals surface area contributed by atoms with Gasteiger partial charge in [0.25, 0.3) is 0 Å². The van der Waals surface area contributed by atoms with Gasteiger partial charge in [-0.15, -0.1) is 0 Å². The Morgan fingerprint density at radius 3 is 2.82 bits per heavy atom. The van der Waals surface area contributed by atoms with Gasteiger partial charge in [0.15, 0.2) is 0 Å². The Bertz CT molecular complexity index is 1020. The van der Waals surface area contributed by atoms with Gasteiger partial charge in [-0.2, -0.15) is 4.39 Å². The number of hydrogen-bond acceptors (Lipinski definition) is 2. The minimum Gasteiger partial charge on any atom is -0.383 e. The predicted octanol–water partition coefficient (Wildman–Crippen LogP) is 6.38. The Labute approximate surface area is 170 Å². The second-order valence-electron chi connectivity index (χ2n) is 7.67. The number of allylic oxidation sites excluding steroid dienone is 1. The highest BCUT2D eigenvalue weighted by atomic mass is 35.5. The number of nitrogens with one attached hydrogen (secondary N) is 2. The minimum atomic E-state index is -0.433. The summed E-state index contributed by atoms with van der Waals surface area (Å²) in [5.41, 5.74) is 5.01. The van der Waals surface area contributed by atoms with Gasteiger partial charge in [0.2, 0.25) is 5.95 Å². The van der Waals surface area contributed by atoms with Crippen molar-refractivity contribution in [2.24, 2.45) is 5.92 Å². The van der Waals surface area contributed by atoms with Gasteiger partial charge in [0, 0.05) is 33.4 Å². The van der Waals surface area contributed by atoms with Crippen molar-refractivity contribution < 1.29 is 4.39 Å². The van der Waals surface area contributed by atoms with E-state index in [1.165, 1.54) is 19.3 Å². The maximum atomic E-state index is 14.1. The molecule has 0 saturated heterocycles. The average Bonchev–Trinajstić information content (AvgIpc) is 3.04. The molecule has 0 bridgehead atoms. The van der Waals surface area contributed by atoms with E-state index in [9.17, 15) is 4.39 Å². The second-order valence-corrected chi connectivity index (χ2v) is 8.08. The van der Waals surface area contributed by atoms with E-state index in [0.717, 1.165) is 40.2 Å². The fourth-order valence-corrected chi connectivity index (χ4v) is 3.99. The van der Waals surface area contributed by atoms with Crippen molar-refractivity contribution in [1.29, 1.82) is 0 Å². The molecule has 1 aliphatic carbocycles. The Kier molecular flexibility index (Phi) is 5.40. The molecule has 2 N–H and O–H groups in total. The van der Waals surface area contributed by atoms with Crippen molar-refractivity contribution in [1.82, 2.24) is 15.3 Å². The van der Waals surface area contributed by atoms with Gasteiger partial charge in [-0.05, 0) is 43.0 Å². The highest BCUT2D eigenvalue weighted by molar-refractivity contribution is 6.34. The van der Waals surface area contributed by atoms with Crippen LogP contribution in [0.15, 0.2) is 42.6 Å². The average molecular weight is 398 g/mol. The Morgan fingerprint density at radius 2 is 2.14 bits per heavy atom. The number of aromatic nitrogens is 2. The molecule has 2 heterocycles. The summed E-state index contributed by atoms with van der Waals surface area (Å²) in [4.78, 5) is 7.52. The molecule has 28 heavy (non-hydrogen) atoms. The van der Waals surface area contributed by atoms with E-state index in [0.29, 0.717) is 29.2 Å². The maximum Gasteiger partial charge on any atom is 0.216 e. The molecule has 0 radical (unpaired) electrons. The standard InChI is InChI=1S/C23H25ClFN3/c1-3-16-7-8-21(28-23(16)25)19-12-22-17(11-20(19)24)10-18(27-22)13-26-14(2)9-15-5-4-6-15/h7-8,10-12,15,26-27H,2-6,9,13H2,1H3. The van der Waals surface area contributed by atoms with E-state index >= 15 is 0 Å². The monoisotopic (exact) mass is 397 g/mol. The van der Waals surface area contributed by atoms with Gasteiger partial charge in [-0.25, -0.2) is 4.98 Å². The van der Waals surface area contributed by atoms with Crippen LogP contribution in [0.3, 0.4) is 0 Å². The lowest BCUT2D eigenvalue weighted by Crippen LogP contribution is -2.18. The third-order valence-corrected chi connectivity index (χ3v) is 5.95. The molecular formula is C23H25ClFN3. The predicted molar refractivity (Wildman–Crippen MR) is 114 cm³/mol. The fourth-order valence-electron chi connectivity index (χ4n) is 3.72. The first-order valence-corrected chi connectivity index (χ1v) is 10.3. The zero-order valence-corrected chi connectivity index (χ0v) is 16.9. The van der Waals surface area contributed by atoms with Crippen LogP contribution in [-0.4, -0.2) is 9.97 Å². The van der Waals surface area contributed by atoms with Crippen LogP contribution in [0, 0.1) is 11.9 Å². The first-order chi connectivity index (χ1) is 13.5.